The van der Waals surface area contributed by atoms with E-state index in [9.17, 15) is 9.59 Å². The highest BCUT2D eigenvalue weighted by atomic mass is 16.2. The summed E-state index contributed by atoms with van der Waals surface area (Å²) in [7, 11) is 3.50. The Morgan fingerprint density at radius 3 is 2.13 bits per heavy atom. The molecular formula is C25H31N3O2. The third kappa shape index (κ3) is 4.41. The maximum absolute atomic E-state index is 13.1. The lowest BCUT2D eigenvalue weighted by molar-refractivity contribution is 0.0724. The summed E-state index contributed by atoms with van der Waals surface area (Å²) in [5, 5.41) is 3.56. The molecule has 1 N–H and O–H groups in total. The van der Waals surface area contributed by atoms with E-state index in [1.165, 1.54) is 12.8 Å². The number of carbonyl (C=O) groups excluding carboxylic acids is 2. The zero-order valence-corrected chi connectivity index (χ0v) is 17.9. The van der Waals surface area contributed by atoms with E-state index in [1.807, 2.05) is 48.5 Å². The van der Waals surface area contributed by atoms with Crippen molar-refractivity contribution in [3.8, 4) is 11.1 Å². The lowest BCUT2D eigenvalue weighted by Gasteiger charge is -2.27. The summed E-state index contributed by atoms with van der Waals surface area (Å²) in [5.74, 6) is 0.143. The number of hydrogen-bond acceptors (Lipinski definition) is 3. The van der Waals surface area contributed by atoms with Gasteiger partial charge in [-0.15, -0.1) is 0 Å². The molecule has 5 heteroatoms. The van der Waals surface area contributed by atoms with E-state index in [0.717, 1.165) is 49.0 Å². The second kappa shape index (κ2) is 9.00. The van der Waals surface area contributed by atoms with Gasteiger partial charge in [-0.05, 0) is 74.0 Å². The Hall–Kier alpha value is -2.66. The van der Waals surface area contributed by atoms with Crippen LogP contribution in [0.3, 0.4) is 0 Å². The molecule has 0 bridgehead atoms. The minimum atomic E-state index is -0.00420. The van der Waals surface area contributed by atoms with E-state index in [4.69, 9.17) is 0 Å². The van der Waals surface area contributed by atoms with Crippen LogP contribution >= 0.6 is 0 Å². The molecule has 2 saturated heterocycles. The molecule has 2 fully saturated rings. The van der Waals surface area contributed by atoms with Gasteiger partial charge in [-0.3, -0.25) is 9.59 Å². The predicted molar refractivity (Wildman–Crippen MR) is 120 cm³/mol. The summed E-state index contributed by atoms with van der Waals surface area (Å²) < 4.78 is 0. The molecule has 4 rings (SSSR count). The van der Waals surface area contributed by atoms with Crippen molar-refractivity contribution in [2.75, 3.05) is 27.2 Å². The summed E-state index contributed by atoms with van der Waals surface area (Å²) in [4.78, 5) is 28.8. The normalized spacial score (nSPS) is 21.1. The number of rotatable bonds is 5. The maximum atomic E-state index is 13.1. The Balaban J connectivity index is 1.43. The van der Waals surface area contributed by atoms with Crippen molar-refractivity contribution < 1.29 is 9.59 Å². The van der Waals surface area contributed by atoms with Gasteiger partial charge >= 0.3 is 0 Å². The zero-order valence-electron chi connectivity index (χ0n) is 17.9. The minimum Gasteiger partial charge on any atom is -0.345 e. The molecule has 0 saturated carbocycles. The Bertz CT molecular complexity index is 884. The lowest BCUT2D eigenvalue weighted by Crippen LogP contribution is -2.39. The third-order valence-corrected chi connectivity index (χ3v) is 6.36. The second-order valence-electron chi connectivity index (χ2n) is 8.68. The van der Waals surface area contributed by atoms with Crippen LogP contribution in [-0.4, -0.2) is 60.9 Å². The van der Waals surface area contributed by atoms with E-state index in [1.54, 1.807) is 19.0 Å². The second-order valence-corrected chi connectivity index (χ2v) is 8.68. The molecule has 2 atom stereocenters. The third-order valence-electron chi connectivity index (χ3n) is 6.36. The van der Waals surface area contributed by atoms with Gasteiger partial charge in [-0.2, -0.15) is 0 Å². The number of nitrogens with zero attached hydrogens (tertiary/aromatic N) is 2. The van der Waals surface area contributed by atoms with Crippen LogP contribution in [0.2, 0.25) is 0 Å². The predicted octanol–water partition coefficient (Wildman–Crippen LogP) is 3.80. The van der Waals surface area contributed by atoms with Gasteiger partial charge in [0.05, 0.1) is 0 Å². The van der Waals surface area contributed by atoms with Crippen LogP contribution in [0, 0.1) is 0 Å². The van der Waals surface area contributed by atoms with Crippen molar-refractivity contribution in [3.63, 3.8) is 0 Å². The fourth-order valence-corrected chi connectivity index (χ4v) is 4.67. The van der Waals surface area contributed by atoms with Crippen LogP contribution in [0.15, 0.2) is 48.5 Å². The van der Waals surface area contributed by atoms with E-state index >= 15 is 0 Å². The fraction of sp³-hybridized carbons (Fsp3) is 0.440. The number of carbonyl (C=O) groups is 2. The molecule has 5 nitrogen and oxygen atoms in total. The molecule has 2 heterocycles. The van der Waals surface area contributed by atoms with Crippen LogP contribution in [0.25, 0.3) is 11.1 Å². The number of amides is 2. The van der Waals surface area contributed by atoms with Gasteiger partial charge in [-0.1, -0.05) is 24.3 Å². The van der Waals surface area contributed by atoms with E-state index in [0.29, 0.717) is 17.6 Å². The van der Waals surface area contributed by atoms with E-state index < -0.39 is 0 Å². The van der Waals surface area contributed by atoms with Crippen LogP contribution in [0.5, 0.6) is 0 Å². The lowest BCUT2D eigenvalue weighted by atomic mass is 10.0. The Morgan fingerprint density at radius 1 is 0.933 bits per heavy atom. The fourth-order valence-electron chi connectivity index (χ4n) is 4.67. The molecule has 0 aromatic heterocycles. The van der Waals surface area contributed by atoms with E-state index in [2.05, 4.69) is 10.2 Å². The first-order valence-corrected chi connectivity index (χ1v) is 11.0. The molecule has 2 aromatic carbocycles. The standard InChI is InChI=1S/C25H31N3O2/c1-27(2)24(29)20-11-7-18(8-12-20)19-9-13-21(14-10-19)25(30)28-16-4-6-23(28)17-22-5-3-15-26-22/h7-14,22-23,26H,3-6,15-17H2,1-2H3/t22?,23-/m0/s1. The zero-order chi connectivity index (χ0) is 21.1. The summed E-state index contributed by atoms with van der Waals surface area (Å²) in [5.41, 5.74) is 3.51. The highest BCUT2D eigenvalue weighted by Gasteiger charge is 2.31. The largest absolute Gasteiger partial charge is 0.345 e. The number of likely N-dealkylation sites (tertiary alicyclic amines) is 1. The highest BCUT2D eigenvalue weighted by Crippen LogP contribution is 2.27. The van der Waals surface area contributed by atoms with Crippen molar-refractivity contribution in [3.05, 3.63) is 59.7 Å². The SMILES string of the molecule is CN(C)C(=O)c1ccc(-c2ccc(C(=O)N3CCC[C@H]3CC3CCCN3)cc2)cc1. The van der Waals surface area contributed by atoms with Gasteiger partial charge in [0.25, 0.3) is 11.8 Å². The molecule has 2 aliphatic rings. The van der Waals surface area contributed by atoms with Gasteiger partial charge in [0.1, 0.15) is 0 Å². The molecule has 158 valence electrons. The Kier molecular flexibility index (Phi) is 6.18. The van der Waals surface area contributed by atoms with Crippen LogP contribution in [-0.2, 0) is 0 Å². The molecule has 0 aliphatic carbocycles. The molecule has 2 aromatic rings. The van der Waals surface area contributed by atoms with Crippen molar-refractivity contribution in [2.24, 2.45) is 0 Å². The molecule has 1 unspecified atom stereocenters. The summed E-state index contributed by atoms with van der Waals surface area (Å²) in [6.45, 7) is 1.97. The molecule has 0 radical (unpaired) electrons. The van der Waals surface area contributed by atoms with Gasteiger partial charge in [0.15, 0.2) is 0 Å². The van der Waals surface area contributed by atoms with Crippen molar-refractivity contribution in [1.29, 1.82) is 0 Å². The summed E-state index contributed by atoms with van der Waals surface area (Å²) in [6.07, 6.45) is 5.75. The summed E-state index contributed by atoms with van der Waals surface area (Å²) >= 11 is 0. The van der Waals surface area contributed by atoms with Crippen molar-refractivity contribution >= 4 is 11.8 Å². The smallest absolute Gasteiger partial charge is 0.254 e. The van der Waals surface area contributed by atoms with Crippen molar-refractivity contribution in [1.82, 2.24) is 15.1 Å². The van der Waals surface area contributed by atoms with Crippen LogP contribution in [0.4, 0.5) is 0 Å². The van der Waals surface area contributed by atoms with Gasteiger partial charge in [0.2, 0.25) is 0 Å². The average molecular weight is 406 g/mol. The average Bonchev–Trinajstić information content (AvgIpc) is 3.45. The van der Waals surface area contributed by atoms with Crippen LogP contribution in [0.1, 0.15) is 52.8 Å². The number of benzene rings is 2. The molecule has 0 spiro atoms. The summed E-state index contributed by atoms with van der Waals surface area (Å²) in [6, 6.07) is 16.4. The van der Waals surface area contributed by atoms with E-state index in [-0.39, 0.29) is 11.8 Å². The topological polar surface area (TPSA) is 52.7 Å². The van der Waals surface area contributed by atoms with Crippen LogP contribution < -0.4 is 5.32 Å². The van der Waals surface area contributed by atoms with Gasteiger partial charge in [0, 0.05) is 43.9 Å². The Morgan fingerprint density at radius 2 is 1.57 bits per heavy atom. The highest BCUT2D eigenvalue weighted by molar-refractivity contribution is 5.96. The van der Waals surface area contributed by atoms with Crippen molar-refractivity contribution in [2.45, 2.75) is 44.2 Å². The maximum Gasteiger partial charge on any atom is 0.254 e. The first-order valence-electron chi connectivity index (χ1n) is 11.0. The Labute approximate surface area is 179 Å². The molecular weight excluding hydrogens is 374 g/mol. The molecule has 2 aliphatic heterocycles. The number of hydrogen-bond donors (Lipinski definition) is 1. The van der Waals surface area contributed by atoms with Gasteiger partial charge in [-0.25, -0.2) is 0 Å². The van der Waals surface area contributed by atoms with Gasteiger partial charge < -0.3 is 15.1 Å². The first-order chi connectivity index (χ1) is 14.5. The quantitative estimate of drug-likeness (QED) is 0.823. The minimum absolute atomic E-state index is 0.00420. The number of nitrogens with one attached hydrogen (secondary N) is 1. The molecule has 2 amide bonds. The first kappa shape index (κ1) is 20.6. The monoisotopic (exact) mass is 405 g/mol. The molecule has 30 heavy (non-hydrogen) atoms.